The van der Waals surface area contributed by atoms with E-state index in [2.05, 4.69) is 0 Å². The maximum atomic E-state index is 13.5. The van der Waals surface area contributed by atoms with Gasteiger partial charge in [-0.05, 0) is 36.5 Å². The van der Waals surface area contributed by atoms with Crippen molar-refractivity contribution in [3.63, 3.8) is 0 Å². The zero-order valence-electron chi connectivity index (χ0n) is 18.0. The summed E-state index contributed by atoms with van der Waals surface area (Å²) in [6, 6.07) is 13.7. The van der Waals surface area contributed by atoms with Gasteiger partial charge in [-0.1, -0.05) is 74.2 Å². The summed E-state index contributed by atoms with van der Waals surface area (Å²) < 4.78 is 39.9. The Morgan fingerprint density at radius 1 is 1.06 bits per heavy atom. The number of carbonyl (C=O) groups excluding carboxylic acids is 1. The fourth-order valence-electron chi connectivity index (χ4n) is 4.48. The van der Waals surface area contributed by atoms with E-state index in [-0.39, 0.29) is 5.91 Å². The molecule has 6 heteroatoms. The number of amides is 1. The van der Waals surface area contributed by atoms with Gasteiger partial charge in [-0.3, -0.25) is 4.79 Å². The van der Waals surface area contributed by atoms with Crippen LogP contribution in [0.3, 0.4) is 0 Å². The molecule has 0 saturated heterocycles. The molecule has 1 N–H and O–H groups in total. The monoisotopic (exact) mass is 433 g/mol. The first-order valence-electron chi connectivity index (χ1n) is 10.9. The predicted octanol–water partition coefficient (Wildman–Crippen LogP) is 5.95. The molecule has 3 nitrogen and oxygen atoms in total. The van der Waals surface area contributed by atoms with E-state index in [1.54, 1.807) is 32.2 Å². The van der Waals surface area contributed by atoms with Crippen molar-refractivity contribution in [3.8, 4) is 0 Å². The maximum Gasteiger partial charge on any atom is 0.416 e. The molecule has 1 fully saturated rings. The van der Waals surface area contributed by atoms with Gasteiger partial charge in [0.1, 0.15) is 0 Å². The van der Waals surface area contributed by atoms with Gasteiger partial charge < -0.3 is 10.0 Å². The van der Waals surface area contributed by atoms with Crippen molar-refractivity contribution in [3.05, 3.63) is 71.3 Å². The molecule has 0 radical (unpaired) electrons. The number of benzene rings is 2. The number of nitrogens with zero attached hydrogens (tertiary/aromatic N) is 1. The molecular formula is C25H30F3NO2. The first-order chi connectivity index (χ1) is 14.7. The van der Waals surface area contributed by atoms with Gasteiger partial charge in [-0.25, -0.2) is 0 Å². The van der Waals surface area contributed by atoms with Crippen molar-refractivity contribution in [2.75, 3.05) is 7.05 Å². The first-order valence-corrected chi connectivity index (χ1v) is 10.9. The van der Waals surface area contributed by atoms with Gasteiger partial charge in [0.05, 0.1) is 23.6 Å². The smallest absolute Gasteiger partial charge is 0.386 e. The van der Waals surface area contributed by atoms with E-state index in [1.807, 2.05) is 18.2 Å². The molecule has 0 aliphatic heterocycles. The minimum atomic E-state index is -4.46. The van der Waals surface area contributed by atoms with Gasteiger partial charge in [0, 0.05) is 7.05 Å². The fraction of sp³-hybridized carbons (Fsp3) is 0.480. The van der Waals surface area contributed by atoms with Crippen LogP contribution in [0.4, 0.5) is 13.2 Å². The second-order valence-electron chi connectivity index (χ2n) is 8.61. The molecule has 3 rings (SSSR count). The van der Waals surface area contributed by atoms with E-state index < -0.39 is 29.8 Å². The molecule has 3 atom stereocenters. The van der Waals surface area contributed by atoms with Gasteiger partial charge in [0.2, 0.25) is 5.91 Å². The van der Waals surface area contributed by atoms with Crippen LogP contribution < -0.4 is 0 Å². The van der Waals surface area contributed by atoms with Crippen LogP contribution >= 0.6 is 0 Å². The van der Waals surface area contributed by atoms with E-state index in [0.717, 1.165) is 37.8 Å². The topological polar surface area (TPSA) is 40.5 Å². The standard InChI is InChI=1S/C25H30F3NO2/c1-17(23(30)19-11-4-3-5-12-19)29(2)24(31)22(15-18-9-6-7-10-18)20-13-8-14-21(16-20)25(26,27)28/h3-5,8,11-14,16-18,22-23,30H,6-7,9-10,15H2,1-2H3. The molecule has 1 saturated carbocycles. The lowest BCUT2D eigenvalue weighted by atomic mass is 9.85. The fourth-order valence-corrected chi connectivity index (χ4v) is 4.48. The number of rotatable bonds is 7. The Kier molecular flexibility index (Phi) is 7.42. The maximum absolute atomic E-state index is 13.5. The molecule has 1 aliphatic carbocycles. The molecule has 3 unspecified atom stereocenters. The summed E-state index contributed by atoms with van der Waals surface area (Å²) in [5.41, 5.74) is 0.343. The number of carbonyl (C=O) groups is 1. The molecule has 2 aromatic rings. The normalized spacial score (nSPS) is 17.9. The van der Waals surface area contributed by atoms with Gasteiger partial charge in [-0.15, -0.1) is 0 Å². The lowest BCUT2D eigenvalue weighted by Crippen LogP contribution is -2.42. The highest BCUT2D eigenvalue weighted by Gasteiger charge is 2.35. The molecule has 0 bridgehead atoms. The molecular weight excluding hydrogens is 403 g/mol. The second kappa shape index (κ2) is 9.86. The van der Waals surface area contributed by atoms with Crippen molar-refractivity contribution in [2.24, 2.45) is 5.92 Å². The molecule has 2 aromatic carbocycles. The van der Waals surface area contributed by atoms with E-state index in [0.29, 0.717) is 23.5 Å². The van der Waals surface area contributed by atoms with Crippen molar-refractivity contribution in [2.45, 2.75) is 63.3 Å². The summed E-state index contributed by atoms with van der Waals surface area (Å²) in [5.74, 6) is -0.597. The number of aliphatic hydroxyl groups excluding tert-OH is 1. The summed E-state index contributed by atoms with van der Waals surface area (Å²) in [4.78, 5) is 15.0. The Morgan fingerprint density at radius 3 is 2.29 bits per heavy atom. The zero-order valence-corrected chi connectivity index (χ0v) is 18.0. The van der Waals surface area contributed by atoms with Crippen LogP contribution in [0.2, 0.25) is 0 Å². The Morgan fingerprint density at radius 2 is 1.68 bits per heavy atom. The van der Waals surface area contributed by atoms with E-state index >= 15 is 0 Å². The Hall–Kier alpha value is -2.34. The Bertz CT molecular complexity index is 863. The zero-order chi connectivity index (χ0) is 22.6. The minimum absolute atomic E-state index is 0.256. The average molecular weight is 434 g/mol. The highest BCUT2D eigenvalue weighted by atomic mass is 19.4. The van der Waals surface area contributed by atoms with Crippen LogP contribution in [-0.4, -0.2) is 29.0 Å². The van der Waals surface area contributed by atoms with Gasteiger partial charge in [0.25, 0.3) is 0 Å². The lowest BCUT2D eigenvalue weighted by Gasteiger charge is -2.33. The lowest BCUT2D eigenvalue weighted by molar-refractivity contribution is -0.138. The van der Waals surface area contributed by atoms with Crippen molar-refractivity contribution >= 4 is 5.91 Å². The van der Waals surface area contributed by atoms with Crippen LogP contribution in [0, 0.1) is 5.92 Å². The number of likely N-dealkylation sites (N-methyl/N-ethyl adjacent to an activating group) is 1. The molecule has 0 aromatic heterocycles. The van der Waals surface area contributed by atoms with Crippen molar-refractivity contribution < 1.29 is 23.1 Å². The van der Waals surface area contributed by atoms with Crippen molar-refractivity contribution in [1.29, 1.82) is 0 Å². The van der Waals surface area contributed by atoms with E-state index in [1.165, 1.54) is 11.0 Å². The van der Waals surface area contributed by atoms with E-state index in [4.69, 9.17) is 0 Å². The number of hydrogen-bond donors (Lipinski definition) is 1. The van der Waals surface area contributed by atoms with Crippen molar-refractivity contribution in [1.82, 2.24) is 4.90 Å². The predicted molar refractivity (Wildman–Crippen MR) is 114 cm³/mol. The van der Waals surface area contributed by atoms with Gasteiger partial charge >= 0.3 is 6.18 Å². The number of aliphatic hydroxyl groups is 1. The van der Waals surface area contributed by atoms with Crippen LogP contribution in [0.25, 0.3) is 0 Å². The molecule has 1 aliphatic rings. The largest absolute Gasteiger partial charge is 0.416 e. The quantitative estimate of drug-likeness (QED) is 0.586. The first kappa shape index (κ1) is 23.3. The second-order valence-corrected chi connectivity index (χ2v) is 8.61. The average Bonchev–Trinajstić information content (AvgIpc) is 3.29. The van der Waals surface area contributed by atoms with Crippen LogP contribution in [-0.2, 0) is 11.0 Å². The highest BCUT2D eigenvalue weighted by molar-refractivity contribution is 5.84. The van der Waals surface area contributed by atoms with Crippen LogP contribution in [0.5, 0.6) is 0 Å². The summed E-state index contributed by atoms with van der Waals surface area (Å²) >= 11 is 0. The third-order valence-corrected chi connectivity index (χ3v) is 6.51. The highest BCUT2D eigenvalue weighted by Crippen LogP contribution is 2.38. The van der Waals surface area contributed by atoms with Gasteiger partial charge in [0.15, 0.2) is 0 Å². The van der Waals surface area contributed by atoms with Gasteiger partial charge in [-0.2, -0.15) is 13.2 Å². The molecule has 31 heavy (non-hydrogen) atoms. The number of alkyl halides is 3. The molecule has 0 spiro atoms. The molecule has 0 heterocycles. The third kappa shape index (κ3) is 5.67. The summed E-state index contributed by atoms with van der Waals surface area (Å²) in [6.07, 6.45) is -0.647. The Balaban J connectivity index is 1.87. The summed E-state index contributed by atoms with van der Waals surface area (Å²) in [7, 11) is 1.62. The number of halogens is 3. The molecule has 168 valence electrons. The summed E-state index contributed by atoms with van der Waals surface area (Å²) in [5, 5.41) is 10.8. The van der Waals surface area contributed by atoms with E-state index in [9.17, 15) is 23.1 Å². The van der Waals surface area contributed by atoms with Crippen LogP contribution in [0.15, 0.2) is 54.6 Å². The SMILES string of the molecule is CC(C(O)c1ccccc1)N(C)C(=O)C(CC1CCCC1)c1cccc(C(F)(F)F)c1. The minimum Gasteiger partial charge on any atom is -0.386 e. The molecule has 1 amide bonds. The Labute approximate surface area is 181 Å². The summed E-state index contributed by atoms with van der Waals surface area (Å²) in [6.45, 7) is 1.76. The third-order valence-electron chi connectivity index (χ3n) is 6.51. The number of hydrogen-bond acceptors (Lipinski definition) is 2. The van der Waals surface area contributed by atoms with Crippen LogP contribution in [0.1, 0.15) is 67.7 Å².